The molecule has 3 rings (SSSR count). The van der Waals surface area contributed by atoms with E-state index in [0.717, 1.165) is 24.5 Å². The van der Waals surface area contributed by atoms with Gasteiger partial charge < -0.3 is 15.2 Å². The minimum absolute atomic E-state index is 0.171. The molecule has 2 aromatic carbocycles. The molecule has 7 nitrogen and oxygen atoms in total. The summed E-state index contributed by atoms with van der Waals surface area (Å²) in [5.41, 5.74) is 5.42. The number of unbranched alkanes of at least 4 members (excludes halogenated alkanes) is 7. The lowest BCUT2D eigenvalue weighted by Gasteiger charge is -2.20. The van der Waals surface area contributed by atoms with Gasteiger partial charge >= 0.3 is 6.03 Å². The van der Waals surface area contributed by atoms with Crippen molar-refractivity contribution in [1.29, 1.82) is 0 Å². The average molecular weight is 542 g/mol. The number of phenolic OH excluding ortho intramolecular Hbond substituents is 1. The molecule has 8 heteroatoms. The number of ether oxygens (including phenoxy) is 1. The molecule has 0 aromatic heterocycles. The molecule has 0 unspecified atom stereocenters. The van der Waals surface area contributed by atoms with Crippen molar-refractivity contribution in [3.05, 3.63) is 48.5 Å². The van der Waals surface area contributed by atoms with Gasteiger partial charge in [0.15, 0.2) is 0 Å². The van der Waals surface area contributed by atoms with Crippen molar-refractivity contribution in [3.8, 4) is 17.2 Å². The Kier molecular flexibility index (Phi) is 13.8. The van der Waals surface area contributed by atoms with Gasteiger partial charge in [0.1, 0.15) is 17.2 Å². The molecule has 4 N–H and O–H groups in total. The molecule has 0 heterocycles. The first-order valence-electron chi connectivity index (χ1n) is 14.1. The summed E-state index contributed by atoms with van der Waals surface area (Å²) in [7, 11) is 0. The highest BCUT2D eigenvalue weighted by Crippen LogP contribution is 2.29. The van der Waals surface area contributed by atoms with Crippen LogP contribution in [0.4, 0.5) is 10.5 Å². The number of hydrogen-bond donors (Lipinski definition) is 4. The van der Waals surface area contributed by atoms with Gasteiger partial charge in [-0.2, -0.15) is 11.8 Å². The molecule has 0 bridgehead atoms. The smallest absolute Gasteiger partial charge is 0.337 e. The number of aromatic hydroxyl groups is 1. The van der Waals surface area contributed by atoms with Crippen LogP contribution in [0.2, 0.25) is 0 Å². The van der Waals surface area contributed by atoms with Gasteiger partial charge in [0.05, 0.1) is 0 Å². The maximum absolute atomic E-state index is 12.1. The highest BCUT2D eigenvalue weighted by Gasteiger charge is 2.12. The van der Waals surface area contributed by atoms with Crippen LogP contribution in [0.1, 0.15) is 89.9 Å². The van der Waals surface area contributed by atoms with E-state index >= 15 is 0 Å². The number of amides is 3. The van der Waals surface area contributed by atoms with E-state index in [4.69, 9.17) is 4.74 Å². The zero-order valence-electron chi connectivity index (χ0n) is 22.4. The molecule has 208 valence electrons. The summed E-state index contributed by atoms with van der Waals surface area (Å²) >= 11 is 2.20. The molecule has 1 aliphatic carbocycles. The van der Waals surface area contributed by atoms with Gasteiger partial charge in [-0.3, -0.25) is 10.2 Å². The highest BCUT2D eigenvalue weighted by molar-refractivity contribution is 7.99. The maximum atomic E-state index is 12.1. The number of urea groups is 1. The molecule has 1 aliphatic rings. The Morgan fingerprint density at radius 1 is 0.763 bits per heavy atom. The van der Waals surface area contributed by atoms with Crippen LogP contribution in [0, 0.1) is 0 Å². The van der Waals surface area contributed by atoms with E-state index in [2.05, 4.69) is 27.9 Å². The number of rotatable bonds is 15. The summed E-state index contributed by atoms with van der Waals surface area (Å²) in [4.78, 5) is 24.1. The number of hydrogen-bond acceptors (Lipinski definition) is 5. The van der Waals surface area contributed by atoms with Gasteiger partial charge in [-0.25, -0.2) is 10.2 Å². The average Bonchev–Trinajstić information content (AvgIpc) is 2.93. The van der Waals surface area contributed by atoms with E-state index < -0.39 is 6.03 Å². The van der Waals surface area contributed by atoms with Crippen LogP contribution in [-0.4, -0.2) is 28.0 Å². The minimum atomic E-state index is -0.511. The van der Waals surface area contributed by atoms with Crippen LogP contribution in [0.3, 0.4) is 0 Å². The Labute approximate surface area is 231 Å². The number of benzene rings is 2. The molecular weight excluding hydrogens is 498 g/mol. The van der Waals surface area contributed by atoms with Crippen LogP contribution in [0.25, 0.3) is 0 Å². The van der Waals surface area contributed by atoms with Crippen LogP contribution in [0.5, 0.6) is 17.2 Å². The first-order valence-corrected chi connectivity index (χ1v) is 15.2. The Bertz CT molecular complexity index is 947. The molecule has 1 fully saturated rings. The maximum Gasteiger partial charge on any atom is 0.337 e. The summed E-state index contributed by atoms with van der Waals surface area (Å²) in [6, 6.07) is 12.8. The van der Waals surface area contributed by atoms with E-state index in [1.807, 2.05) is 0 Å². The zero-order valence-corrected chi connectivity index (χ0v) is 23.2. The molecule has 38 heavy (non-hydrogen) atoms. The van der Waals surface area contributed by atoms with Crippen molar-refractivity contribution in [2.45, 2.75) is 95.1 Å². The lowest BCUT2D eigenvalue weighted by Crippen LogP contribution is -2.43. The Morgan fingerprint density at radius 3 is 2.00 bits per heavy atom. The number of carbonyl (C=O) groups excluding carboxylic acids is 2. The van der Waals surface area contributed by atoms with Crippen LogP contribution >= 0.6 is 11.8 Å². The fourth-order valence-electron chi connectivity index (χ4n) is 4.54. The number of hydrazine groups is 1. The molecule has 0 aliphatic heterocycles. The second-order valence-corrected chi connectivity index (χ2v) is 11.4. The second kappa shape index (κ2) is 17.6. The van der Waals surface area contributed by atoms with E-state index in [1.165, 1.54) is 70.0 Å². The largest absolute Gasteiger partial charge is 0.508 e. The van der Waals surface area contributed by atoms with Crippen LogP contribution < -0.4 is 20.9 Å². The molecule has 0 spiro atoms. The third-order valence-electron chi connectivity index (χ3n) is 6.70. The topological polar surface area (TPSA) is 99.7 Å². The third-order valence-corrected chi connectivity index (χ3v) is 8.17. The van der Waals surface area contributed by atoms with Crippen molar-refractivity contribution in [2.24, 2.45) is 0 Å². The standard InChI is InChI=1S/C30H43N3O4S/c34-25-17-21-27(22-18-25)37-26-19-15-24(16-20-26)31-30(36)33-32-29(35)14-10-5-3-1-2-4-6-11-23-38-28-12-8-7-9-13-28/h15-22,28,34H,1-14,23H2,(H,32,35)(H2,31,33,36). The van der Waals surface area contributed by atoms with Crippen molar-refractivity contribution in [1.82, 2.24) is 10.9 Å². The predicted octanol–water partition coefficient (Wildman–Crippen LogP) is 7.91. The number of carbonyl (C=O) groups is 2. The van der Waals surface area contributed by atoms with E-state index in [0.29, 0.717) is 23.6 Å². The number of thioether (sulfide) groups is 1. The van der Waals surface area contributed by atoms with Gasteiger partial charge in [-0.05, 0) is 80.0 Å². The third kappa shape index (κ3) is 12.6. The van der Waals surface area contributed by atoms with Gasteiger partial charge in [-0.1, -0.05) is 57.8 Å². The summed E-state index contributed by atoms with van der Waals surface area (Å²) < 4.78 is 5.68. The van der Waals surface area contributed by atoms with Crippen molar-refractivity contribution < 1.29 is 19.4 Å². The molecule has 0 atom stereocenters. The van der Waals surface area contributed by atoms with Crippen LogP contribution in [-0.2, 0) is 4.79 Å². The normalized spacial score (nSPS) is 13.6. The summed E-state index contributed by atoms with van der Waals surface area (Å²) in [5, 5.41) is 12.9. The van der Waals surface area contributed by atoms with Crippen molar-refractivity contribution >= 4 is 29.4 Å². The summed E-state index contributed by atoms with van der Waals surface area (Å²) in [6.45, 7) is 0. The molecule has 2 aromatic rings. The second-order valence-electron chi connectivity index (χ2n) is 9.96. The SMILES string of the molecule is O=C(CCCCCCCCCCSC1CCCCC1)NNC(=O)Nc1ccc(Oc2ccc(O)cc2)cc1. The van der Waals surface area contributed by atoms with Gasteiger partial charge in [-0.15, -0.1) is 0 Å². The molecule has 0 radical (unpaired) electrons. The number of nitrogens with one attached hydrogen (secondary N) is 3. The van der Waals surface area contributed by atoms with Gasteiger partial charge in [0, 0.05) is 17.4 Å². The quantitative estimate of drug-likeness (QED) is 0.136. The molecule has 0 saturated heterocycles. The number of phenols is 1. The van der Waals surface area contributed by atoms with Crippen molar-refractivity contribution in [3.63, 3.8) is 0 Å². The van der Waals surface area contributed by atoms with Crippen molar-refractivity contribution in [2.75, 3.05) is 11.1 Å². The number of anilines is 1. The fraction of sp³-hybridized carbons (Fsp3) is 0.533. The predicted molar refractivity (Wildman–Crippen MR) is 156 cm³/mol. The Balaban J connectivity index is 1.14. The Hall–Kier alpha value is -2.87. The van der Waals surface area contributed by atoms with E-state index in [1.54, 1.807) is 48.5 Å². The highest BCUT2D eigenvalue weighted by atomic mass is 32.2. The lowest BCUT2D eigenvalue weighted by molar-refractivity contribution is -0.121. The fourth-order valence-corrected chi connectivity index (χ4v) is 5.91. The molecule has 3 amide bonds. The first kappa shape index (κ1) is 29.7. The van der Waals surface area contributed by atoms with E-state index in [9.17, 15) is 14.7 Å². The lowest BCUT2D eigenvalue weighted by atomic mass is 10.0. The first-order chi connectivity index (χ1) is 18.6. The zero-order chi connectivity index (χ0) is 26.8. The van der Waals surface area contributed by atoms with E-state index in [-0.39, 0.29) is 11.7 Å². The summed E-state index contributed by atoms with van der Waals surface area (Å²) in [6.07, 6.45) is 17.1. The Morgan fingerprint density at radius 2 is 1.34 bits per heavy atom. The minimum Gasteiger partial charge on any atom is -0.508 e. The van der Waals surface area contributed by atoms with Gasteiger partial charge in [0.25, 0.3) is 0 Å². The van der Waals surface area contributed by atoms with Gasteiger partial charge in [0.2, 0.25) is 5.91 Å². The van der Waals surface area contributed by atoms with Crippen LogP contribution in [0.15, 0.2) is 48.5 Å². The monoisotopic (exact) mass is 541 g/mol. The molecule has 1 saturated carbocycles. The molecular formula is C30H43N3O4S. The summed E-state index contributed by atoms with van der Waals surface area (Å²) in [5.74, 6) is 2.51.